The highest BCUT2D eigenvalue weighted by Gasteiger charge is 2.11. The number of rotatable bonds is 7. The number of ether oxygens (including phenoxy) is 2. The van der Waals surface area contributed by atoms with Gasteiger partial charge in [0.15, 0.2) is 12.4 Å². The van der Waals surface area contributed by atoms with Gasteiger partial charge in [-0.2, -0.15) is 0 Å². The Bertz CT molecular complexity index is 971. The molecular formula is C21H16ClNO4S. The molecule has 28 heavy (non-hydrogen) atoms. The van der Waals surface area contributed by atoms with Gasteiger partial charge >= 0.3 is 5.97 Å². The Morgan fingerprint density at radius 3 is 2.64 bits per heavy atom. The van der Waals surface area contributed by atoms with Crippen LogP contribution in [-0.2, 0) is 14.3 Å². The Morgan fingerprint density at radius 2 is 1.89 bits per heavy atom. The van der Waals surface area contributed by atoms with E-state index < -0.39 is 18.5 Å². The van der Waals surface area contributed by atoms with Crippen molar-refractivity contribution in [2.75, 3.05) is 11.9 Å². The minimum Gasteiger partial charge on any atom is -0.455 e. The Kier molecular flexibility index (Phi) is 6.84. The molecule has 0 saturated carbocycles. The van der Waals surface area contributed by atoms with Crippen molar-refractivity contribution in [2.45, 2.75) is 0 Å². The summed E-state index contributed by atoms with van der Waals surface area (Å²) in [7, 11) is 0. The highest BCUT2D eigenvalue weighted by Crippen LogP contribution is 2.31. The van der Waals surface area contributed by atoms with E-state index in [9.17, 15) is 9.59 Å². The van der Waals surface area contributed by atoms with Gasteiger partial charge in [0.2, 0.25) is 0 Å². The fraction of sp³-hybridized carbons (Fsp3) is 0.0476. The summed E-state index contributed by atoms with van der Waals surface area (Å²) in [4.78, 5) is 24.8. The number of para-hydroxylation sites is 1. The van der Waals surface area contributed by atoms with Crippen LogP contribution in [-0.4, -0.2) is 18.5 Å². The van der Waals surface area contributed by atoms with E-state index in [2.05, 4.69) is 5.32 Å². The lowest BCUT2D eigenvalue weighted by atomic mass is 10.2. The Labute approximate surface area is 171 Å². The maximum absolute atomic E-state index is 12.2. The van der Waals surface area contributed by atoms with Gasteiger partial charge in [0, 0.05) is 16.0 Å². The largest absolute Gasteiger partial charge is 0.455 e. The first kappa shape index (κ1) is 19.7. The summed E-state index contributed by atoms with van der Waals surface area (Å²) in [6.07, 6.45) is 2.91. The minimum atomic E-state index is -0.601. The van der Waals surface area contributed by atoms with Crippen LogP contribution in [0.2, 0.25) is 5.02 Å². The number of thiophene rings is 1. The number of hydrogen-bond acceptors (Lipinski definition) is 5. The summed E-state index contributed by atoms with van der Waals surface area (Å²) < 4.78 is 10.7. The molecule has 1 N–H and O–H groups in total. The van der Waals surface area contributed by atoms with E-state index in [0.29, 0.717) is 22.2 Å². The van der Waals surface area contributed by atoms with E-state index in [4.69, 9.17) is 21.1 Å². The summed E-state index contributed by atoms with van der Waals surface area (Å²) in [5.41, 5.74) is 0.381. The normalized spacial score (nSPS) is 10.6. The molecule has 3 rings (SSSR count). The van der Waals surface area contributed by atoms with E-state index in [-0.39, 0.29) is 0 Å². The van der Waals surface area contributed by atoms with Crippen LogP contribution in [0.3, 0.4) is 0 Å². The number of benzene rings is 2. The van der Waals surface area contributed by atoms with Crippen molar-refractivity contribution < 1.29 is 19.1 Å². The molecule has 3 aromatic rings. The molecule has 142 valence electrons. The number of nitrogens with one attached hydrogen (secondary N) is 1. The molecule has 0 unspecified atom stereocenters. The molecular weight excluding hydrogens is 398 g/mol. The summed E-state index contributed by atoms with van der Waals surface area (Å²) in [6.45, 7) is -0.426. The third-order valence-corrected chi connectivity index (χ3v) is 4.53. The van der Waals surface area contributed by atoms with E-state index in [1.807, 2.05) is 35.7 Å². The molecule has 0 bridgehead atoms. The molecule has 0 saturated heterocycles. The van der Waals surface area contributed by atoms with Crippen molar-refractivity contribution >= 4 is 46.6 Å². The number of anilines is 1. The smallest absolute Gasteiger partial charge is 0.331 e. The van der Waals surface area contributed by atoms with Crippen LogP contribution in [0.5, 0.6) is 11.5 Å². The molecule has 0 aliphatic carbocycles. The zero-order valence-electron chi connectivity index (χ0n) is 14.6. The summed E-state index contributed by atoms with van der Waals surface area (Å²) in [5, 5.41) is 4.99. The third kappa shape index (κ3) is 5.97. The zero-order chi connectivity index (χ0) is 19.8. The Balaban J connectivity index is 1.58. The van der Waals surface area contributed by atoms with E-state index >= 15 is 0 Å². The molecule has 0 fully saturated rings. The van der Waals surface area contributed by atoms with E-state index in [1.165, 1.54) is 17.4 Å². The Hall–Kier alpha value is -3.09. The van der Waals surface area contributed by atoms with Crippen molar-refractivity contribution in [1.82, 2.24) is 0 Å². The number of esters is 1. The summed E-state index contributed by atoms with van der Waals surface area (Å²) in [6, 6.07) is 17.8. The second kappa shape index (κ2) is 9.73. The van der Waals surface area contributed by atoms with Crippen LogP contribution in [0, 0.1) is 0 Å². The Morgan fingerprint density at radius 1 is 1.07 bits per heavy atom. The highest BCUT2D eigenvalue weighted by atomic mass is 35.5. The lowest BCUT2D eigenvalue weighted by Gasteiger charge is -2.12. The van der Waals surface area contributed by atoms with Crippen LogP contribution in [0.15, 0.2) is 72.1 Å². The SMILES string of the molecule is O=C(COC(=O)/C=C/c1cccs1)Nc1cc(Cl)ccc1Oc1ccccc1. The van der Waals surface area contributed by atoms with Gasteiger partial charge in [-0.05, 0) is 47.9 Å². The van der Waals surface area contributed by atoms with Crippen LogP contribution in [0.1, 0.15) is 4.88 Å². The zero-order valence-corrected chi connectivity index (χ0v) is 16.2. The second-order valence-corrected chi connectivity index (χ2v) is 6.98. The van der Waals surface area contributed by atoms with Crippen molar-refractivity contribution in [1.29, 1.82) is 0 Å². The van der Waals surface area contributed by atoms with Crippen molar-refractivity contribution in [3.05, 3.63) is 82.0 Å². The maximum Gasteiger partial charge on any atom is 0.331 e. The predicted octanol–water partition coefficient (Wildman–Crippen LogP) is 5.39. The number of carbonyl (C=O) groups excluding carboxylic acids is 2. The molecule has 1 aromatic heterocycles. The predicted molar refractivity (Wildman–Crippen MR) is 111 cm³/mol. The van der Waals surface area contributed by atoms with E-state index in [0.717, 1.165) is 4.88 Å². The first-order chi connectivity index (χ1) is 13.6. The van der Waals surface area contributed by atoms with E-state index in [1.54, 1.807) is 36.4 Å². The van der Waals surface area contributed by atoms with Gasteiger partial charge in [0.25, 0.3) is 5.91 Å². The van der Waals surface area contributed by atoms with Crippen LogP contribution < -0.4 is 10.1 Å². The van der Waals surface area contributed by atoms with Gasteiger partial charge < -0.3 is 14.8 Å². The van der Waals surface area contributed by atoms with Gasteiger partial charge in [-0.25, -0.2) is 4.79 Å². The second-order valence-electron chi connectivity index (χ2n) is 5.56. The molecule has 5 nitrogen and oxygen atoms in total. The molecule has 7 heteroatoms. The standard InChI is InChI=1S/C21H16ClNO4S/c22-15-8-10-19(27-16-5-2-1-3-6-16)18(13-15)23-20(24)14-26-21(25)11-9-17-7-4-12-28-17/h1-13H,14H2,(H,23,24)/b11-9+. The van der Waals surface area contributed by atoms with Gasteiger partial charge in [-0.3, -0.25) is 4.79 Å². The molecule has 0 radical (unpaired) electrons. The van der Waals surface area contributed by atoms with Gasteiger partial charge in [0.05, 0.1) is 5.69 Å². The average Bonchev–Trinajstić information content (AvgIpc) is 3.21. The first-order valence-electron chi connectivity index (χ1n) is 8.31. The monoisotopic (exact) mass is 413 g/mol. The number of hydrogen-bond donors (Lipinski definition) is 1. The lowest BCUT2D eigenvalue weighted by molar-refractivity contribution is -0.142. The highest BCUT2D eigenvalue weighted by molar-refractivity contribution is 7.10. The third-order valence-electron chi connectivity index (χ3n) is 3.46. The van der Waals surface area contributed by atoms with Crippen molar-refractivity contribution in [2.24, 2.45) is 0 Å². The van der Waals surface area contributed by atoms with Crippen molar-refractivity contribution in [3.8, 4) is 11.5 Å². The summed E-state index contributed by atoms with van der Waals surface area (Å²) >= 11 is 7.51. The quantitative estimate of drug-likeness (QED) is 0.416. The average molecular weight is 414 g/mol. The molecule has 1 amide bonds. The molecule has 1 heterocycles. The molecule has 0 aliphatic rings. The molecule has 0 aliphatic heterocycles. The molecule has 2 aromatic carbocycles. The lowest BCUT2D eigenvalue weighted by Crippen LogP contribution is -2.20. The minimum absolute atomic E-state index is 0.381. The molecule has 0 spiro atoms. The first-order valence-corrected chi connectivity index (χ1v) is 9.56. The maximum atomic E-state index is 12.2. The van der Waals surface area contributed by atoms with Crippen LogP contribution in [0.25, 0.3) is 6.08 Å². The number of amides is 1. The van der Waals surface area contributed by atoms with Crippen LogP contribution in [0.4, 0.5) is 5.69 Å². The van der Waals surface area contributed by atoms with Crippen molar-refractivity contribution in [3.63, 3.8) is 0 Å². The molecule has 0 atom stereocenters. The van der Waals surface area contributed by atoms with Gasteiger partial charge in [0.1, 0.15) is 5.75 Å². The van der Waals surface area contributed by atoms with Gasteiger partial charge in [-0.15, -0.1) is 11.3 Å². The fourth-order valence-corrected chi connectivity index (χ4v) is 3.00. The van der Waals surface area contributed by atoms with Gasteiger partial charge in [-0.1, -0.05) is 35.9 Å². The topological polar surface area (TPSA) is 64.6 Å². The number of carbonyl (C=O) groups is 2. The van der Waals surface area contributed by atoms with Crippen LogP contribution >= 0.6 is 22.9 Å². The summed E-state index contributed by atoms with van der Waals surface area (Å²) in [5.74, 6) is -0.0632. The number of halogens is 1. The fourth-order valence-electron chi connectivity index (χ4n) is 2.21.